The average Bonchev–Trinajstić information content (AvgIpc) is 2.60. The number of benzene rings is 1. The molecule has 0 saturated carbocycles. The van der Waals surface area contributed by atoms with Crippen molar-refractivity contribution in [1.82, 2.24) is 10.2 Å². The van der Waals surface area contributed by atoms with Gasteiger partial charge in [0.05, 0.1) is 0 Å². The number of amides is 1. The van der Waals surface area contributed by atoms with E-state index in [1.807, 2.05) is 37.3 Å². The van der Waals surface area contributed by atoms with Gasteiger partial charge < -0.3 is 5.32 Å². The minimum atomic E-state index is -0.0399. The van der Waals surface area contributed by atoms with Crippen LogP contribution in [0, 0.1) is 12.8 Å². The molecule has 1 aliphatic rings. The molecule has 100 valence electrons. The fourth-order valence-electron chi connectivity index (χ4n) is 2.01. The number of hydrogen-bond acceptors (Lipinski definition) is 2. The van der Waals surface area contributed by atoms with Gasteiger partial charge in [0.2, 0.25) is 0 Å². The zero-order chi connectivity index (χ0) is 14.0. The lowest BCUT2D eigenvalue weighted by Gasteiger charge is -2.15. The summed E-state index contributed by atoms with van der Waals surface area (Å²) in [6.07, 6.45) is 1.87. The van der Waals surface area contributed by atoms with E-state index in [0.29, 0.717) is 23.3 Å². The Morgan fingerprint density at radius 3 is 2.68 bits per heavy atom. The largest absolute Gasteiger partial charge is 0.328 e. The summed E-state index contributed by atoms with van der Waals surface area (Å²) in [5, 5.41) is 3.50. The number of nitrogens with zero attached hydrogens (tertiary/aromatic N) is 1. The van der Waals surface area contributed by atoms with Crippen LogP contribution in [0.5, 0.6) is 0 Å². The van der Waals surface area contributed by atoms with E-state index in [1.54, 1.807) is 4.90 Å². The molecular formula is C15H18N2OS. The zero-order valence-electron chi connectivity index (χ0n) is 11.4. The predicted octanol–water partition coefficient (Wildman–Crippen LogP) is 2.71. The smallest absolute Gasteiger partial charge is 0.276 e. The highest BCUT2D eigenvalue weighted by Crippen LogP contribution is 2.17. The van der Waals surface area contributed by atoms with Crippen molar-refractivity contribution in [3.63, 3.8) is 0 Å². The molecule has 0 unspecified atom stereocenters. The SMILES string of the molecule is Cc1ccccc1/C=C1/NC(=S)N(CC(C)C)C1=O. The molecule has 1 fully saturated rings. The van der Waals surface area contributed by atoms with Crippen LogP contribution in [0.1, 0.15) is 25.0 Å². The fraction of sp³-hybridized carbons (Fsp3) is 0.333. The van der Waals surface area contributed by atoms with E-state index < -0.39 is 0 Å². The van der Waals surface area contributed by atoms with Crippen molar-refractivity contribution in [2.24, 2.45) is 5.92 Å². The third-order valence-electron chi connectivity index (χ3n) is 3.00. The Labute approximate surface area is 119 Å². The maximum Gasteiger partial charge on any atom is 0.276 e. The van der Waals surface area contributed by atoms with Gasteiger partial charge in [-0.15, -0.1) is 0 Å². The predicted molar refractivity (Wildman–Crippen MR) is 81.4 cm³/mol. The Morgan fingerprint density at radius 2 is 2.05 bits per heavy atom. The molecule has 4 heteroatoms. The van der Waals surface area contributed by atoms with E-state index in [2.05, 4.69) is 19.2 Å². The number of aryl methyl sites for hydroxylation is 1. The Hall–Kier alpha value is -1.68. The summed E-state index contributed by atoms with van der Waals surface area (Å²) < 4.78 is 0. The van der Waals surface area contributed by atoms with Crippen molar-refractivity contribution in [2.75, 3.05) is 6.54 Å². The summed E-state index contributed by atoms with van der Waals surface area (Å²) in [6.45, 7) is 6.81. The first-order valence-corrected chi connectivity index (χ1v) is 6.80. The van der Waals surface area contributed by atoms with Crippen molar-refractivity contribution < 1.29 is 4.79 Å². The number of carbonyl (C=O) groups is 1. The highest BCUT2D eigenvalue weighted by atomic mass is 32.1. The third-order valence-corrected chi connectivity index (χ3v) is 3.32. The van der Waals surface area contributed by atoms with Crippen LogP contribution in [-0.4, -0.2) is 22.5 Å². The summed E-state index contributed by atoms with van der Waals surface area (Å²) >= 11 is 5.22. The van der Waals surface area contributed by atoms with Crippen molar-refractivity contribution in [3.8, 4) is 0 Å². The van der Waals surface area contributed by atoms with E-state index in [9.17, 15) is 4.79 Å². The molecule has 1 aromatic carbocycles. The standard InChI is InChI=1S/C15H18N2OS/c1-10(2)9-17-14(18)13(16-15(17)19)8-12-7-5-4-6-11(12)3/h4-8,10H,9H2,1-3H3,(H,16,19)/b13-8+. The molecule has 0 spiro atoms. The van der Waals surface area contributed by atoms with E-state index in [0.717, 1.165) is 11.1 Å². The number of rotatable bonds is 3. The molecule has 1 aliphatic heterocycles. The van der Waals surface area contributed by atoms with Gasteiger partial charge in [0.25, 0.3) is 5.91 Å². The zero-order valence-corrected chi connectivity index (χ0v) is 12.3. The Bertz CT molecular complexity index is 549. The molecule has 1 saturated heterocycles. The van der Waals surface area contributed by atoms with Gasteiger partial charge in [-0.1, -0.05) is 38.1 Å². The first kappa shape index (κ1) is 13.7. The fourth-order valence-corrected chi connectivity index (χ4v) is 2.27. The number of nitrogens with one attached hydrogen (secondary N) is 1. The summed E-state index contributed by atoms with van der Waals surface area (Å²) in [7, 11) is 0. The van der Waals surface area contributed by atoms with Crippen molar-refractivity contribution >= 4 is 29.3 Å². The molecule has 19 heavy (non-hydrogen) atoms. The summed E-state index contributed by atoms with van der Waals surface area (Å²) in [5.41, 5.74) is 2.73. The van der Waals surface area contributed by atoms with Gasteiger partial charge in [0.15, 0.2) is 5.11 Å². The lowest BCUT2D eigenvalue weighted by molar-refractivity contribution is -0.122. The van der Waals surface area contributed by atoms with Gasteiger partial charge in [-0.05, 0) is 42.3 Å². The number of carbonyl (C=O) groups excluding carboxylic acids is 1. The van der Waals surface area contributed by atoms with Crippen LogP contribution in [0.3, 0.4) is 0 Å². The van der Waals surface area contributed by atoms with Gasteiger partial charge in [-0.2, -0.15) is 0 Å². The van der Waals surface area contributed by atoms with Gasteiger partial charge in [-0.3, -0.25) is 9.69 Å². The average molecular weight is 274 g/mol. The van der Waals surface area contributed by atoms with Crippen molar-refractivity contribution in [2.45, 2.75) is 20.8 Å². The number of hydrogen-bond donors (Lipinski definition) is 1. The van der Waals surface area contributed by atoms with Crippen LogP contribution in [0.4, 0.5) is 0 Å². The van der Waals surface area contributed by atoms with Crippen LogP contribution in [0.25, 0.3) is 6.08 Å². The summed E-state index contributed by atoms with van der Waals surface area (Å²) in [4.78, 5) is 13.9. The molecular weight excluding hydrogens is 256 g/mol. The number of thiocarbonyl (C=S) groups is 1. The van der Waals surface area contributed by atoms with Crippen LogP contribution >= 0.6 is 12.2 Å². The molecule has 1 aromatic rings. The Morgan fingerprint density at radius 1 is 1.37 bits per heavy atom. The molecule has 1 N–H and O–H groups in total. The van der Waals surface area contributed by atoms with Crippen LogP contribution in [-0.2, 0) is 4.79 Å². The third kappa shape index (κ3) is 3.01. The van der Waals surface area contributed by atoms with Crippen molar-refractivity contribution in [1.29, 1.82) is 0 Å². The van der Waals surface area contributed by atoms with Crippen LogP contribution in [0.2, 0.25) is 0 Å². The first-order chi connectivity index (χ1) is 8.99. The second-order valence-electron chi connectivity index (χ2n) is 5.15. The maximum atomic E-state index is 12.3. The summed E-state index contributed by atoms with van der Waals surface area (Å²) in [6, 6.07) is 7.96. The molecule has 1 amide bonds. The maximum absolute atomic E-state index is 12.3. The van der Waals surface area contributed by atoms with Gasteiger partial charge >= 0.3 is 0 Å². The van der Waals surface area contributed by atoms with Gasteiger partial charge in [0.1, 0.15) is 5.70 Å². The molecule has 2 rings (SSSR count). The monoisotopic (exact) mass is 274 g/mol. The van der Waals surface area contributed by atoms with E-state index >= 15 is 0 Å². The second-order valence-corrected chi connectivity index (χ2v) is 5.54. The topological polar surface area (TPSA) is 32.3 Å². The van der Waals surface area contributed by atoms with Gasteiger partial charge in [-0.25, -0.2) is 0 Å². The second kappa shape index (κ2) is 5.53. The van der Waals surface area contributed by atoms with Crippen LogP contribution < -0.4 is 5.32 Å². The van der Waals surface area contributed by atoms with E-state index in [4.69, 9.17) is 12.2 Å². The molecule has 3 nitrogen and oxygen atoms in total. The normalized spacial score (nSPS) is 17.5. The molecule has 0 aromatic heterocycles. The lowest BCUT2D eigenvalue weighted by Crippen LogP contribution is -2.33. The van der Waals surface area contributed by atoms with E-state index in [-0.39, 0.29) is 5.91 Å². The highest BCUT2D eigenvalue weighted by Gasteiger charge is 2.30. The van der Waals surface area contributed by atoms with Gasteiger partial charge in [0, 0.05) is 6.54 Å². The minimum absolute atomic E-state index is 0.0399. The van der Waals surface area contributed by atoms with Crippen LogP contribution in [0.15, 0.2) is 30.0 Å². The lowest BCUT2D eigenvalue weighted by atomic mass is 10.1. The molecule has 0 aliphatic carbocycles. The highest BCUT2D eigenvalue weighted by molar-refractivity contribution is 7.80. The molecule has 0 radical (unpaired) electrons. The van der Waals surface area contributed by atoms with E-state index in [1.165, 1.54) is 0 Å². The van der Waals surface area contributed by atoms with Crippen molar-refractivity contribution in [3.05, 3.63) is 41.1 Å². The Kier molecular flexibility index (Phi) is 4.00. The molecule has 1 heterocycles. The molecule has 0 bridgehead atoms. The quantitative estimate of drug-likeness (QED) is 0.679. The summed E-state index contributed by atoms with van der Waals surface area (Å²) in [5.74, 6) is 0.350. The Balaban J connectivity index is 2.26. The first-order valence-electron chi connectivity index (χ1n) is 6.39. The molecule has 0 atom stereocenters. The minimum Gasteiger partial charge on any atom is -0.328 e.